The highest BCUT2D eigenvalue weighted by Crippen LogP contribution is 2.36. The van der Waals surface area contributed by atoms with Crippen molar-refractivity contribution >= 4 is 0 Å². The van der Waals surface area contributed by atoms with Crippen LogP contribution in [0.4, 0.5) is 26.3 Å². The Hall–Kier alpha value is -1.28. The zero-order valence-electron chi connectivity index (χ0n) is 11.6. The van der Waals surface area contributed by atoms with Gasteiger partial charge in [-0.2, -0.15) is 26.3 Å². The van der Waals surface area contributed by atoms with Crippen molar-refractivity contribution in [3.8, 4) is 0 Å². The predicted octanol–water partition coefficient (Wildman–Crippen LogP) is 3.22. The zero-order chi connectivity index (χ0) is 16.4. The van der Waals surface area contributed by atoms with Gasteiger partial charge in [-0.1, -0.05) is 0 Å². The normalized spacial score (nSPS) is 20.2. The molecule has 1 unspecified atom stereocenters. The summed E-state index contributed by atoms with van der Waals surface area (Å²) >= 11 is 0. The van der Waals surface area contributed by atoms with Crippen molar-refractivity contribution in [2.24, 2.45) is 0 Å². The minimum Gasteiger partial charge on any atom is -0.314 e. The minimum absolute atomic E-state index is 0.0505. The van der Waals surface area contributed by atoms with Gasteiger partial charge < -0.3 is 10.6 Å². The van der Waals surface area contributed by atoms with Gasteiger partial charge in [0.25, 0.3) is 0 Å². The van der Waals surface area contributed by atoms with Crippen molar-refractivity contribution < 1.29 is 26.3 Å². The maximum absolute atomic E-state index is 12.7. The van der Waals surface area contributed by atoms with Crippen molar-refractivity contribution in [3.63, 3.8) is 0 Å². The second-order valence-corrected chi connectivity index (χ2v) is 5.31. The molecular formula is C14H16F6N2. The Labute approximate surface area is 123 Å². The summed E-state index contributed by atoms with van der Waals surface area (Å²) in [6.45, 7) is 2.20. The number of hydrogen-bond donors (Lipinski definition) is 2. The number of halogens is 6. The van der Waals surface area contributed by atoms with E-state index in [1.54, 1.807) is 0 Å². The summed E-state index contributed by atoms with van der Waals surface area (Å²) in [4.78, 5) is 0. The summed E-state index contributed by atoms with van der Waals surface area (Å²) in [6, 6.07) is 1.80. The fourth-order valence-electron chi connectivity index (χ4n) is 2.42. The minimum atomic E-state index is -4.79. The number of nitrogens with one attached hydrogen (secondary N) is 2. The number of benzene rings is 1. The number of piperazine rings is 1. The summed E-state index contributed by atoms with van der Waals surface area (Å²) in [5.74, 6) is 0. The number of alkyl halides is 6. The van der Waals surface area contributed by atoms with Crippen molar-refractivity contribution in [3.05, 3.63) is 34.9 Å². The Bertz CT molecular complexity index is 471. The van der Waals surface area contributed by atoms with Gasteiger partial charge in [-0.25, -0.2) is 0 Å². The van der Waals surface area contributed by atoms with Crippen LogP contribution in [0, 0.1) is 0 Å². The molecule has 0 amide bonds. The molecule has 0 radical (unpaired) electrons. The third-order valence-corrected chi connectivity index (χ3v) is 3.55. The van der Waals surface area contributed by atoms with Crippen LogP contribution in [-0.4, -0.2) is 25.7 Å². The monoisotopic (exact) mass is 326 g/mol. The molecule has 1 aromatic carbocycles. The molecule has 1 saturated heterocycles. The molecule has 124 valence electrons. The van der Waals surface area contributed by atoms with Crippen molar-refractivity contribution in [2.75, 3.05) is 19.6 Å². The molecule has 1 aliphatic heterocycles. The molecule has 0 aliphatic carbocycles. The molecule has 8 heteroatoms. The van der Waals surface area contributed by atoms with Crippen LogP contribution in [-0.2, 0) is 18.8 Å². The quantitative estimate of drug-likeness (QED) is 0.834. The lowest BCUT2D eigenvalue weighted by atomic mass is 9.99. The Morgan fingerprint density at radius 3 is 1.95 bits per heavy atom. The highest BCUT2D eigenvalue weighted by atomic mass is 19.4. The van der Waals surface area contributed by atoms with Gasteiger partial charge in [0.05, 0.1) is 11.1 Å². The Morgan fingerprint density at radius 2 is 1.50 bits per heavy atom. The van der Waals surface area contributed by atoms with E-state index in [9.17, 15) is 26.3 Å². The summed E-state index contributed by atoms with van der Waals surface area (Å²) in [6.07, 6.45) is -8.95. The van der Waals surface area contributed by atoms with Gasteiger partial charge in [0.2, 0.25) is 0 Å². The molecule has 2 N–H and O–H groups in total. The van der Waals surface area contributed by atoms with E-state index in [2.05, 4.69) is 10.6 Å². The van der Waals surface area contributed by atoms with Crippen molar-refractivity contribution in [1.29, 1.82) is 0 Å². The SMILES string of the molecule is FC(F)(F)c1cc(CCC2CNCCN2)cc(C(F)(F)F)c1. The second-order valence-electron chi connectivity index (χ2n) is 5.31. The summed E-state index contributed by atoms with van der Waals surface area (Å²) in [5, 5.41) is 6.29. The molecule has 1 fully saturated rings. The third-order valence-electron chi connectivity index (χ3n) is 3.55. The van der Waals surface area contributed by atoms with Crippen LogP contribution in [0.5, 0.6) is 0 Å². The van der Waals surface area contributed by atoms with Crippen LogP contribution in [0.1, 0.15) is 23.1 Å². The molecule has 0 bridgehead atoms. The van der Waals surface area contributed by atoms with Crippen LogP contribution < -0.4 is 10.6 Å². The van der Waals surface area contributed by atoms with Crippen LogP contribution in [0.2, 0.25) is 0 Å². The first-order valence-electron chi connectivity index (χ1n) is 6.89. The van der Waals surface area contributed by atoms with Crippen LogP contribution >= 0.6 is 0 Å². The highest BCUT2D eigenvalue weighted by Gasteiger charge is 2.36. The third kappa shape index (κ3) is 4.61. The van der Waals surface area contributed by atoms with Crippen molar-refractivity contribution in [1.82, 2.24) is 10.6 Å². The highest BCUT2D eigenvalue weighted by molar-refractivity contribution is 5.33. The van der Waals surface area contributed by atoms with E-state index < -0.39 is 23.5 Å². The van der Waals surface area contributed by atoms with E-state index in [4.69, 9.17) is 0 Å². The fourth-order valence-corrected chi connectivity index (χ4v) is 2.42. The average Bonchev–Trinajstić information content (AvgIpc) is 2.44. The van der Waals surface area contributed by atoms with Crippen molar-refractivity contribution in [2.45, 2.75) is 31.2 Å². The van der Waals surface area contributed by atoms with E-state index >= 15 is 0 Å². The maximum atomic E-state index is 12.7. The molecule has 22 heavy (non-hydrogen) atoms. The number of aryl methyl sites for hydroxylation is 1. The van der Waals surface area contributed by atoms with Crippen LogP contribution in [0.3, 0.4) is 0 Å². The lowest BCUT2D eigenvalue weighted by molar-refractivity contribution is -0.143. The standard InChI is InChI=1S/C14H16F6N2/c15-13(16,17)10-5-9(6-11(7-10)14(18,19)20)1-2-12-8-21-3-4-22-12/h5-7,12,21-22H,1-4,8H2. The molecule has 0 spiro atoms. The Balaban J connectivity index is 2.18. The number of hydrogen-bond acceptors (Lipinski definition) is 2. The van der Waals surface area contributed by atoms with Gasteiger partial charge in [0.1, 0.15) is 0 Å². The second kappa shape index (κ2) is 6.45. The molecule has 1 atom stereocenters. The van der Waals surface area contributed by atoms with E-state index in [0.29, 0.717) is 13.0 Å². The summed E-state index contributed by atoms with van der Waals surface area (Å²) in [7, 11) is 0. The van der Waals surface area contributed by atoms with Gasteiger partial charge in [-0.3, -0.25) is 0 Å². The molecule has 0 saturated carbocycles. The molecule has 2 rings (SSSR count). The first-order valence-corrected chi connectivity index (χ1v) is 6.89. The molecular weight excluding hydrogens is 310 g/mol. The van der Waals surface area contributed by atoms with E-state index in [1.807, 2.05) is 0 Å². The lowest BCUT2D eigenvalue weighted by Crippen LogP contribution is -2.48. The smallest absolute Gasteiger partial charge is 0.314 e. The summed E-state index contributed by atoms with van der Waals surface area (Å²) in [5.41, 5.74) is -2.46. The lowest BCUT2D eigenvalue weighted by Gasteiger charge is -2.24. The molecule has 1 aliphatic rings. The Kier molecular flexibility index (Phi) is 5.01. The van der Waals surface area contributed by atoms with Gasteiger partial charge in [0.15, 0.2) is 0 Å². The molecule has 2 nitrogen and oxygen atoms in total. The first kappa shape index (κ1) is 17.1. The average molecular weight is 326 g/mol. The van der Waals surface area contributed by atoms with Crippen LogP contribution in [0.25, 0.3) is 0 Å². The fraction of sp³-hybridized carbons (Fsp3) is 0.571. The first-order chi connectivity index (χ1) is 10.2. The molecule has 1 aromatic rings. The van der Waals surface area contributed by atoms with E-state index in [1.165, 1.54) is 0 Å². The zero-order valence-corrected chi connectivity index (χ0v) is 11.6. The Morgan fingerprint density at radius 1 is 0.909 bits per heavy atom. The van der Waals surface area contributed by atoms with Gasteiger partial charge in [0, 0.05) is 25.7 Å². The van der Waals surface area contributed by atoms with Gasteiger partial charge in [-0.05, 0) is 36.6 Å². The van der Waals surface area contributed by atoms with E-state index in [-0.39, 0.29) is 24.1 Å². The largest absolute Gasteiger partial charge is 0.416 e. The van der Waals surface area contributed by atoms with Gasteiger partial charge in [-0.15, -0.1) is 0 Å². The molecule has 1 heterocycles. The van der Waals surface area contributed by atoms with E-state index in [0.717, 1.165) is 25.2 Å². The van der Waals surface area contributed by atoms with Crippen LogP contribution in [0.15, 0.2) is 18.2 Å². The number of rotatable bonds is 3. The molecule has 0 aromatic heterocycles. The predicted molar refractivity (Wildman–Crippen MR) is 69.4 cm³/mol. The van der Waals surface area contributed by atoms with Gasteiger partial charge >= 0.3 is 12.4 Å². The summed E-state index contributed by atoms with van der Waals surface area (Å²) < 4.78 is 76.4. The topological polar surface area (TPSA) is 24.1 Å². The maximum Gasteiger partial charge on any atom is 0.416 e.